The minimum atomic E-state index is -0.286. The molecule has 1 heterocycles. The molecule has 1 saturated heterocycles. The molecule has 1 atom stereocenters. The van der Waals surface area contributed by atoms with Gasteiger partial charge in [-0.05, 0) is 55.9 Å². The third-order valence-electron chi connectivity index (χ3n) is 4.71. The van der Waals surface area contributed by atoms with Gasteiger partial charge in [0.05, 0.1) is 6.61 Å². The van der Waals surface area contributed by atoms with Crippen LogP contribution in [0.2, 0.25) is 5.02 Å². The highest BCUT2D eigenvalue weighted by molar-refractivity contribution is 6.30. The first-order valence-electron chi connectivity index (χ1n) is 7.27. The van der Waals surface area contributed by atoms with Crippen LogP contribution in [-0.4, -0.2) is 18.6 Å². The molecule has 2 aliphatic rings. The fraction of sp³-hybridized carbons (Fsp3) is 0.562. The quantitative estimate of drug-likeness (QED) is 0.899. The van der Waals surface area contributed by atoms with Gasteiger partial charge in [0.1, 0.15) is 6.10 Å². The molecule has 1 aliphatic heterocycles. The Hall–Kier alpha value is -1.06. The lowest BCUT2D eigenvalue weighted by molar-refractivity contribution is -0.203. The van der Waals surface area contributed by atoms with Gasteiger partial charge in [-0.3, -0.25) is 4.79 Å². The van der Waals surface area contributed by atoms with E-state index < -0.39 is 0 Å². The van der Waals surface area contributed by atoms with E-state index in [9.17, 15) is 4.79 Å². The van der Waals surface area contributed by atoms with Gasteiger partial charge in [-0.2, -0.15) is 0 Å². The summed E-state index contributed by atoms with van der Waals surface area (Å²) in [4.78, 5) is 12.4. The lowest BCUT2D eigenvalue weighted by atomic mass is 9.65. The Balaban J connectivity index is 1.64. The van der Waals surface area contributed by atoms with Gasteiger partial charge < -0.3 is 10.1 Å². The van der Waals surface area contributed by atoms with Gasteiger partial charge in [0.2, 0.25) is 0 Å². The van der Waals surface area contributed by atoms with E-state index in [0.29, 0.717) is 5.02 Å². The van der Waals surface area contributed by atoms with E-state index in [1.165, 1.54) is 12.8 Å². The average Bonchev–Trinajstić information content (AvgIpc) is 2.41. The lowest BCUT2D eigenvalue weighted by Crippen LogP contribution is -2.58. The second kappa shape index (κ2) is 5.38. The van der Waals surface area contributed by atoms with E-state index in [2.05, 4.69) is 12.2 Å². The highest BCUT2D eigenvalue weighted by Gasteiger charge is 2.53. The van der Waals surface area contributed by atoms with E-state index >= 15 is 0 Å². The fourth-order valence-electron chi connectivity index (χ4n) is 3.24. The molecule has 3 nitrogen and oxygen atoms in total. The van der Waals surface area contributed by atoms with Crippen LogP contribution < -0.4 is 5.32 Å². The minimum Gasteiger partial charge on any atom is -0.367 e. The van der Waals surface area contributed by atoms with Crippen molar-refractivity contribution >= 4 is 23.2 Å². The molecule has 1 aromatic carbocycles. The van der Waals surface area contributed by atoms with Crippen molar-refractivity contribution in [2.45, 2.75) is 38.7 Å². The zero-order valence-corrected chi connectivity index (χ0v) is 12.5. The summed E-state index contributed by atoms with van der Waals surface area (Å²) in [5.41, 5.74) is 0.859. The molecule has 1 aliphatic carbocycles. The molecular formula is C16H20ClNO2. The Kier molecular flexibility index (Phi) is 3.74. The minimum absolute atomic E-state index is 0.0203. The first-order chi connectivity index (χ1) is 9.59. The van der Waals surface area contributed by atoms with Crippen LogP contribution in [0.1, 0.15) is 32.6 Å². The largest absolute Gasteiger partial charge is 0.367 e. The summed E-state index contributed by atoms with van der Waals surface area (Å²) in [7, 11) is 0. The molecule has 20 heavy (non-hydrogen) atoms. The van der Waals surface area contributed by atoms with Crippen molar-refractivity contribution < 1.29 is 9.53 Å². The third kappa shape index (κ3) is 2.57. The van der Waals surface area contributed by atoms with Crippen LogP contribution in [-0.2, 0) is 9.53 Å². The van der Waals surface area contributed by atoms with Crippen molar-refractivity contribution in [2.75, 3.05) is 11.9 Å². The molecule has 0 bridgehead atoms. The van der Waals surface area contributed by atoms with Crippen LogP contribution in [0.15, 0.2) is 24.3 Å². The monoisotopic (exact) mass is 293 g/mol. The summed E-state index contributed by atoms with van der Waals surface area (Å²) in [5, 5.41) is 3.60. The lowest BCUT2D eigenvalue weighted by Gasteiger charge is -2.51. The highest BCUT2D eigenvalue weighted by atomic mass is 35.5. The number of anilines is 1. The number of carbonyl (C=O) groups excluding carboxylic acids is 1. The highest BCUT2D eigenvalue weighted by Crippen LogP contribution is 2.48. The molecule has 3 rings (SSSR count). The van der Waals surface area contributed by atoms with Crippen LogP contribution in [0, 0.1) is 11.3 Å². The van der Waals surface area contributed by atoms with Crippen LogP contribution in [0.3, 0.4) is 0 Å². The molecular weight excluding hydrogens is 274 g/mol. The van der Waals surface area contributed by atoms with Gasteiger partial charge in [-0.15, -0.1) is 0 Å². The average molecular weight is 294 g/mol. The summed E-state index contributed by atoms with van der Waals surface area (Å²) < 4.78 is 5.58. The van der Waals surface area contributed by atoms with E-state index in [1.807, 2.05) is 12.1 Å². The molecule has 1 saturated carbocycles. The second-order valence-electron chi connectivity index (χ2n) is 6.23. The number of amides is 1. The van der Waals surface area contributed by atoms with Crippen molar-refractivity contribution in [2.24, 2.45) is 11.3 Å². The Morgan fingerprint density at radius 2 is 1.95 bits per heavy atom. The summed E-state index contributed by atoms with van der Waals surface area (Å²) in [6, 6.07) is 7.18. The maximum absolute atomic E-state index is 12.4. The molecule has 1 spiro atoms. The van der Waals surface area contributed by atoms with Gasteiger partial charge in [0.15, 0.2) is 0 Å². The summed E-state index contributed by atoms with van der Waals surface area (Å²) >= 11 is 5.84. The third-order valence-corrected chi connectivity index (χ3v) is 4.97. The van der Waals surface area contributed by atoms with E-state index in [1.54, 1.807) is 12.1 Å². The first-order valence-corrected chi connectivity index (χ1v) is 7.65. The van der Waals surface area contributed by atoms with Gasteiger partial charge in [-0.25, -0.2) is 0 Å². The molecule has 1 unspecified atom stereocenters. The molecule has 1 N–H and O–H groups in total. The van der Waals surface area contributed by atoms with E-state index in [-0.39, 0.29) is 17.4 Å². The molecule has 4 heteroatoms. The van der Waals surface area contributed by atoms with Crippen molar-refractivity contribution in [3.05, 3.63) is 29.3 Å². The molecule has 108 valence electrons. The Morgan fingerprint density at radius 1 is 1.30 bits per heavy atom. The Labute approximate surface area is 124 Å². The Bertz CT molecular complexity index is 492. The van der Waals surface area contributed by atoms with Crippen molar-refractivity contribution in [3.63, 3.8) is 0 Å². The van der Waals surface area contributed by atoms with E-state index in [0.717, 1.165) is 31.1 Å². The number of nitrogens with one attached hydrogen (secondary N) is 1. The molecule has 1 aromatic rings. The van der Waals surface area contributed by atoms with Gasteiger partial charge in [0, 0.05) is 16.1 Å². The summed E-state index contributed by atoms with van der Waals surface area (Å²) in [6.07, 6.45) is 4.33. The number of hydrogen-bond acceptors (Lipinski definition) is 2. The van der Waals surface area contributed by atoms with Crippen LogP contribution in [0.4, 0.5) is 5.69 Å². The van der Waals surface area contributed by atoms with Gasteiger partial charge in [-0.1, -0.05) is 18.5 Å². The standard InChI is InChI=1S/C16H20ClNO2/c1-11-6-8-16(9-7-11)10-20-14(16)15(19)18-13-4-2-12(17)3-5-13/h2-5,11,14H,6-10H2,1H3,(H,18,19). The number of rotatable bonds is 2. The number of ether oxygens (including phenoxy) is 1. The predicted octanol–water partition coefficient (Wildman–Crippen LogP) is 3.87. The predicted molar refractivity (Wildman–Crippen MR) is 79.9 cm³/mol. The number of carbonyl (C=O) groups is 1. The zero-order chi connectivity index (χ0) is 14.2. The molecule has 0 aromatic heterocycles. The maximum Gasteiger partial charge on any atom is 0.254 e. The van der Waals surface area contributed by atoms with Crippen molar-refractivity contribution in [1.82, 2.24) is 0 Å². The van der Waals surface area contributed by atoms with E-state index in [4.69, 9.17) is 16.3 Å². The number of hydrogen-bond donors (Lipinski definition) is 1. The fourth-order valence-corrected chi connectivity index (χ4v) is 3.37. The van der Waals surface area contributed by atoms with Crippen LogP contribution in [0.5, 0.6) is 0 Å². The zero-order valence-electron chi connectivity index (χ0n) is 11.7. The van der Waals surface area contributed by atoms with Gasteiger partial charge >= 0.3 is 0 Å². The first kappa shape index (κ1) is 13.9. The summed E-state index contributed by atoms with van der Waals surface area (Å²) in [5.74, 6) is 0.759. The van der Waals surface area contributed by atoms with Gasteiger partial charge in [0.25, 0.3) is 5.91 Å². The molecule has 1 amide bonds. The maximum atomic E-state index is 12.4. The Morgan fingerprint density at radius 3 is 2.50 bits per heavy atom. The number of benzene rings is 1. The van der Waals surface area contributed by atoms with Crippen LogP contribution >= 0.6 is 11.6 Å². The summed E-state index contributed by atoms with van der Waals surface area (Å²) in [6.45, 7) is 3.02. The number of halogens is 1. The molecule has 0 radical (unpaired) electrons. The molecule has 2 fully saturated rings. The topological polar surface area (TPSA) is 38.3 Å². The second-order valence-corrected chi connectivity index (χ2v) is 6.67. The SMILES string of the molecule is CC1CCC2(CC1)COC2C(=O)Nc1ccc(Cl)cc1. The smallest absolute Gasteiger partial charge is 0.254 e. The normalized spacial score (nSPS) is 32.7. The van der Waals surface area contributed by atoms with Crippen LogP contribution in [0.25, 0.3) is 0 Å². The van der Waals surface area contributed by atoms with Crippen molar-refractivity contribution in [3.8, 4) is 0 Å². The van der Waals surface area contributed by atoms with Crippen molar-refractivity contribution in [1.29, 1.82) is 0 Å².